The van der Waals surface area contributed by atoms with Crippen LogP contribution in [0.4, 0.5) is 0 Å². The summed E-state index contributed by atoms with van der Waals surface area (Å²) in [6, 6.07) is 7.55. The maximum Gasteiger partial charge on any atom is 0.254 e. The van der Waals surface area contributed by atoms with Gasteiger partial charge >= 0.3 is 0 Å². The number of hydrogen-bond donors (Lipinski definition) is 1. The minimum atomic E-state index is -0.277. The number of benzene rings is 1. The van der Waals surface area contributed by atoms with Crippen LogP contribution in [0.3, 0.4) is 0 Å². The second-order valence-electron chi connectivity index (χ2n) is 6.83. The van der Waals surface area contributed by atoms with Crippen LogP contribution >= 0.6 is 11.6 Å². The fraction of sp³-hybridized carbons (Fsp3) is 0.389. The molecule has 0 radical (unpaired) electrons. The van der Waals surface area contributed by atoms with Gasteiger partial charge in [-0.1, -0.05) is 29.8 Å². The van der Waals surface area contributed by atoms with Crippen LogP contribution in [0.2, 0.25) is 5.02 Å². The minimum absolute atomic E-state index is 0.00834. The van der Waals surface area contributed by atoms with Gasteiger partial charge in [0.2, 0.25) is 5.91 Å². The molecule has 1 aromatic heterocycles. The predicted molar refractivity (Wildman–Crippen MR) is 92.9 cm³/mol. The van der Waals surface area contributed by atoms with Crippen molar-refractivity contribution in [3.63, 3.8) is 0 Å². The molecule has 130 valence electrons. The average Bonchev–Trinajstić information content (AvgIpc) is 3.24. The van der Waals surface area contributed by atoms with Crippen molar-refractivity contribution in [3.05, 3.63) is 52.3 Å². The molecular formula is C18H19ClN4O2. The fourth-order valence-electron chi connectivity index (χ4n) is 3.78. The first kappa shape index (κ1) is 16.1. The molecular weight excluding hydrogens is 340 g/mol. The van der Waals surface area contributed by atoms with Gasteiger partial charge in [0.25, 0.3) is 5.91 Å². The Morgan fingerprint density at radius 3 is 2.80 bits per heavy atom. The third kappa shape index (κ3) is 2.70. The number of carbonyl (C=O) groups excluding carboxylic acids is 2. The maximum absolute atomic E-state index is 12.9. The number of hydrogen-bond acceptors (Lipinski definition) is 3. The second-order valence-corrected chi connectivity index (χ2v) is 7.24. The average molecular weight is 359 g/mol. The number of aryl methyl sites for hydroxylation is 1. The van der Waals surface area contributed by atoms with Crippen molar-refractivity contribution in [1.82, 2.24) is 14.7 Å². The zero-order valence-corrected chi connectivity index (χ0v) is 14.6. The molecule has 0 bridgehead atoms. The summed E-state index contributed by atoms with van der Waals surface area (Å²) < 4.78 is 1.75. The lowest BCUT2D eigenvalue weighted by atomic mass is 10.0. The Hall–Kier alpha value is -2.34. The molecule has 1 fully saturated rings. The van der Waals surface area contributed by atoms with Crippen molar-refractivity contribution >= 4 is 23.4 Å². The molecule has 2 aliphatic rings. The van der Waals surface area contributed by atoms with Gasteiger partial charge in [-0.25, -0.2) is 0 Å². The van der Waals surface area contributed by atoms with Gasteiger partial charge in [0.1, 0.15) is 0 Å². The summed E-state index contributed by atoms with van der Waals surface area (Å²) in [5.74, 6) is -0.230. The number of primary amides is 1. The van der Waals surface area contributed by atoms with Crippen LogP contribution < -0.4 is 5.73 Å². The van der Waals surface area contributed by atoms with Crippen molar-refractivity contribution < 1.29 is 9.59 Å². The summed E-state index contributed by atoms with van der Waals surface area (Å²) in [7, 11) is 1.85. The van der Waals surface area contributed by atoms with Crippen LogP contribution in [0, 0.1) is 11.8 Å². The molecule has 2 amide bonds. The Labute approximate surface area is 150 Å². The van der Waals surface area contributed by atoms with Crippen molar-refractivity contribution in [3.8, 4) is 0 Å². The molecule has 2 aromatic rings. The number of aromatic nitrogens is 2. The van der Waals surface area contributed by atoms with Gasteiger partial charge in [0.15, 0.2) is 0 Å². The number of amides is 2. The topological polar surface area (TPSA) is 81.2 Å². The lowest BCUT2D eigenvalue weighted by molar-refractivity contribution is -0.119. The van der Waals surface area contributed by atoms with E-state index in [2.05, 4.69) is 5.10 Å². The van der Waals surface area contributed by atoms with E-state index in [4.69, 9.17) is 17.3 Å². The van der Waals surface area contributed by atoms with E-state index >= 15 is 0 Å². The molecule has 6 nitrogen and oxygen atoms in total. The summed E-state index contributed by atoms with van der Waals surface area (Å²) in [5.41, 5.74) is 8.01. The number of halogens is 1. The molecule has 2 N–H and O–H groups in total. The SMILES string of the molecule is Cn1ncc(Cl)c1CC1c2ccccc2C(=O)N1CC1CC1C(N)=O. The second kappa shape index (κ2) is 5.88. The molecule has 25 heavy (non-hydrogen) atoms. The van der Waals surface area contributed by atoms with Crippen LogP contribution in [0.25, 0.3) is 0 Å². The predicted octanol–water partition coefficient (Wildman–Crippen LogP) is 1.93. The minimum Gasteiger partial charge on any atom is -0.369 e. The smallest absolute Gasteiger partial charge is 0.254 e. The molecule has 1 saturated carbocycles. The highest BCUT2D eigenvalue weighted by Crippen LogP contribution is 2.44. The van der Waals surface area contributed by atoms with E-state index < -0.39 is 0 Å². The summed E-state index contributed by atoms with van der Waals surface area (Å²) in [6.07, 6.45) is 2.97. The number of rotatable bonds is 5. The molecule has 2 heterocycles. The first-order valence-corrected chi connectivity index (χ1v) is 8.70. The Balaban J connectivity index is 1.65. The van der Waals surface area contributed by atoms with Crippen LogP contribution in [0.5, 0.6) is 0 Å². The highest BCUT2D eigenvalue weighted by atomic mass is 35.5. The molecule has 3 atom stereocenters. The van der Waals surface area contributed by atoms with Crippen LogP contribution in [0.1, 0.15) is 34.1 Å². The Kier molecular flexibility index (Phi) is 3.80. The van der Waals surface area contributed by atoms with Gasteiger partial charge in [-0.05, 0) is 24.0 Å². The molecule has 3 unspecified atom stereocenters. The first-order chi connectivity index (χ1) is 12.0. The van der Waals surface area contributed by atoms with Crippen molar-refractivity contribution in [2.24, 2.45) is 24.6 Å². The maximum atomic E-state index is 12.9. The third-order valence-corrected chi connectivity index (χ3v) is 5.62. The van der Waals surface area contributed by atoms with Crippen LogP contribution in [0.15, 0.2) is 30.5 Å². The Bertz CT molecular complexity index is 843. The summed E-state index contributed by atoms with van der Waals surface area (Å²) >= 11 is 6.27. The van der Waals surface area contributed by atoms with Crippen molar-refractivity contribution in [2.45, 2.75) is 18.9 Å². The Morgan fingerprint density at radius 2 is 2.16 bits per heavy atom. The van der Waals surface area contributed by atoms with E-state index in [1.54, 1.807) is 10.9 Å². The van der Waals surface area contributed by atoms with Gasteiger partial charge in [-0.15, -0.1) is 0 Å². The van der Waals surface area contributed by atoms with Gasteiger partial charge in [0.05, 0.1) is 23.0 Å². The molecule has 0 saturated heterocycles. The highest BCUT2D eigenvalue weighted by Gasteiger charge is 2.46. The molecule has 1 aliphatic carbocycles. The summed E-state index contributed by atoms with van der Waals surface area (Å²) in [5, 5.41) is 4.78. The number of nitrogens with two attached hydrogens (primary N) is 1. The summed E-state index contributed by atoms with van der Waals surface area (Å²) in [6.45, 7) is 0.543. The fourth-order valence-corrected chi connectivity index (χ4v) is 4.02. The van der Waals surface area contributed by atoms with Gasteiger partial charge in [-0.2, -0.15) is 5.10 Å². The normalized spacial score (nSPS) is 24.5. The highest BCUT2D eigenvalue weighted by molar-refractivity contribution is 6.31. The van der Waals surface area contributed by atoms with E-state index in [1.807, 2.05) is 36.2 Å². The monoisotopic (exact) mass is 358 g/mol. The number of fused-ring (bicyclic) bond motifs is 1. The quantitative estimate of drug-likeness (QED) is 0.886. The first-order valence-electron chi connectivity index (χ1n) is 8.33. The van der Waals surface area contributed by atoms with E-state index in [-0.39, 0.29) is 29.7 Å². The van der Waals surface area contributed by atoms with E-state index in [1.165, 1.54) is 0 Å². The Morgan fingerprint density at radius 1 is 1.40 bits per heavy atom. The zero-order valence-electron chi connectivity index (χ0n) is 13.9. The lowest BCUT2D eigenvalue weighted by Gasteiger charge is -2.26. The van der Waals surface area contributed by atoms with Gasteiger partial charge in [0, 0.05) is 31.5 Å². The van der Waals surface area contributed by atoms with E-state index in [0.717, 1.165) is 23.2 Å². The molecule has 0 spiro atoms. The van der Waals surface area contributed by atoms with Gasteiger partial charge in [-0.3, -0.25) is 14.3 Å². The van der Waals surface area contributed by atoms with Crippen LogP contribution in [-0.2, 0) is 18.3 Å². The molecule has 4 rings (SSSR count). The number of carbonyl (C=O) groups is 2. The number of nitrogens with zero attached hydrogens (tertiary/aromatic N) is 3. The molecule has 7 heteroatoms. The zero-order chi connectivity index (χ0) is 17.7. The van der Waals surface area contributed by atoms with E-state index in [0.29, 0.717) is 18.0 Å². The summed E-state index contributed by atoms with van der Waals surface area (Å²) in [4.78, 5) is 26.1. The lowest BCUT2D eigenvalue weighted by Crippen LogP contribution is -2.32. The van der Waals surface area contributed by atoms with Crippen molar-refractivity contribution in [1.29, 1.82) is 0 Å². The standard InChI is InChI=1S/C18H19ClN4O2/c1-22-16(14(19)8-21-22)7-15-11-4-2-3-5-12(11)18(25)23(15)9-10-6-13(10)17(20)24/h2-5,8,10,13,15H,6-7,9H2,1H3,(H2,20,24). The molecule has 1 aromatic carbocycles. The van der Waals surface area contributed by atoms with Crippen LogP contribution in [-0.4, -0.2) is 33.0 Å². The third-order valence-electron chi connectivity index (χ3n) is 5.30. The van der Waals surface area contributed by atoms with Gasteiger partial charge < -0.3 is 10.6 Å². The van der Waals surface area contributed by atoms with Crippen molar-refractivity contribution in [2.75, 3.05) is 6.54 Å². The van der Waals surface area contributed by atoms with E-state index in [9.17, 15) is 9.59 Å². The largest absolute Gasteiger partial charge is 0.369 e. The molecule has 1 aliphatic heterocycles.